The normalized spacial score (nSPS) is 26.9. The number of rotatable bonds is 5. The molecule has 0 saturated heterocycles. The molecule has 3 nitrogen and oxygen atoms in total. The fourth-order valence-corrected chi connectivity index (χ4v) is 2.71. The molecular weight excluding hydrogens is 214 g/mol. The van der Waals surface area contributed by atoms with E-state index in [1.165, 1.54) is 32.1 Å². The second-order valence-electron chi connectivity index (χ2n) is 5.18. The van der Waals surface area contributed by atoms with E-state index < -0.39 is 0 Å². The first-order chi connectivity index (χ1) is 8.10. The maximum absolute atomic E-state index is 11.7. The van der Waals surface area contributed by atoms with Crippen LogP contribution in [0.25, 0.3) is 0 Å². The first-order valence-corrected chi connectivity index (χ1v) is 6.98. The summed E-state index contributed by atoms with van der Waals surface area (Å²) in [4.78, 5) is 13.9. The first-order valence-electron chi connectivity index (χ1n) is 6.98. The van der Waals surface area contributed by atoms with Gasteiger partial charge in [-0.25, -0.2) is 0 Å². The number of nitrogens with zero attached hydrogens (tertiary/aromatic N) is 1. The molecule has 1 fully saturated rings. The zero-order valence-corrected chi connectivity index (χ0v) is 11.7. The smallest absolute Gasteiger partial charge is 0.323 e. The zero-order valence-electron chi connectivity index (χ0n) is 11.7. The highest BCUT2D eigenvalue weighted by atomic mass is 16.5. The molecule has 1 aliphatic carbocycles. The molecule has 0 heterocycles. The van der Waals surface area contributed by atoms with Gasteiger partial charge in [-0.15, -0.1) is 0 Å². The number of likely N-dealkylation sites (N-methyl/N-ethyl adjacent to an activating group) is 1. The van der Waals surface area contributed by atoms with E-state index in [-0.39, 0.29) is 12.0 Å². The van der Waals surface area contributed by atoms with Crippen molar-refractivity contribution in [3.05, 3.63) is 0 Å². The monoisotopic (exact) mass is 241 g/mol. The molecule has 0 bridgehead atoms. The maximum atomic E-state index is 11.7. The summed E-state index contributed by atoms with van der Waals surface area (Å²) in [6.45, 7) is 6.55. The van der Waals surface area contributed by atoms with Gasteiger partial charge < -0.3 is 4.74 Å². The van der Waals surface area contributed by atoms with Crippen LogP contribution in [-0.4, -0.2) is 36.6 Å². The highest BCUT2D eigenvalue weighted by molar-refractivity contribution is 5.75. The molecule has 0 aromatic heterocycles. The van der Waals surface area contributed by atoms with E-state index in [0.29, 0.717) is 12.6 Å². The van der Waals surface area contributed by atoms with Crippen LogP contribution >= 0.6 is 0 Å². The number of hydrogen-bond donors (Lipinski definition) is 0. The van der Waals surface area contributed by atoms with Gasteiger partial charge in [0.25, 0.3) is 0 Å². The molecule has 0 radical (unpaired) electrons. The van der Waals surface area contributed by atoms with Gasteiger partial charge >= 0.3 is 5.97 Å². The Morgan fingerprint density at radius 3 is 2.35 bits per heavy atom. The van der Waals surface area contributed by atoms with Gasteiger partial charge in [-0.05, 0) is 52.5 Å². The molecule has 0 N–H and O–H groups in total. The second-order valence-corrected chi connectivity index (χ2v) is 5.18. The molecule has 3 heteroatoms. The number of esters is 1. The molecule has 1 saturated carbocycles. The SMILES string of the molecule is CCOC(=O)C(C)N(C)C1CCC(CC)CC1. The van der Waals surface area contributed by atoms with Crippen LogP contribution in [0.15, 0.2) is 0 Å². The minimum absolute atomic E-state index is 0.0902. The predicted molar refractivity (Wildman–Crippen MR) is 69.9 cm³/mol. The summed E-state index contributed by atoms with van der Waals surface area (Å²) in [5.74, 6) is 0.810. The Hall–Kier alpha value is -0.570. The third-order valence-corrected chi connectivity index (χ3v) is 4.21. The van der Waals surface area contributed by atoms with E-state index in [0.717, 1.165) is 5.92 Å². The zero-order chi connectivity index (χ0) is 12.8. The summed E-state index contributed by atoms with van der Waals surface area (Å²) >= 11 is 0. The van der Waals surface area contributed by atoms with Crippen LogP contribution < -0.4 is 0 Å². The van der Waals surface area contributed by atoms with Crippen LogP contribution in [0.5, 0.6) is 0 Å². The van der Waals surface area contributed by atoms with E-state index in [1.807, 2.05) is 13.8 Å². The van der Waals surface area contributed by atoms with Gasteiger partial charge in [0.1, 0.15) is 6.04 Å². The van der Waals surface area contributed by atoms with E-state index in [1.54, 1.807) is 0 Å². The largest absolute Gasteiger partial charge is 0.465 e. The molecule has 1 rings (SSSR count). The Bertz CT molecular complexity index is 234. The Labute approximate surface area is 106 Å². The van der Waals surface area contributed by atoms with Crippen molar-refractivity contribution in [3.8, 4) is 0 Å². The van der Waals surface area contributed by atoms with Crippen molar-refractivity contribution in [1.29, 1.82) is 0 Å². The van der Waals surface area contributed by atoms with Crippen molar-refractivity contribution >= 4 is 5.97 Å². The number of hydrogen-bond acceptors (Lipinski definition) is 3. The summed E-state index contributed by atoms with van der Waals surface area (Å²) < 4.78 is 5.08. The van der Waals surface area contributed by atoms with Crippen molar-refractivity contribution in [2.75, 3.05) is 13.7 Å². The predicted octanol–water partition coefficient (Wildman–Crippen LogP) is 2.84. The Balaban J connectivity index is 2.42. The Morgan fingerprint density at radius 1 is 1.29 bits per heavy atom. The topological polar surface area (TPSA) is 29.5 Å². The molecule has 17 heavy (non-hydrogen) atoms. The fraction of sp³-hybridized carbons (Fsp3) is 0.929. The third-order valence-electron chi connectivity index (χ3n) is 4.21. The van der Waals surface area contributed by atoms with Gasteiger partial charge in [-0.3, -0.25) is 9.69 Å². The molecule has 1 unspecified atom stereocenters. The van der Waals surface area contributed by atoms with Crippen molar-refractivity contribution < 1.29 is 9.53 Å². The highest BCUT2D eigenvalue weighted by Gasteiger charge is 2.28. The van der Waals surface area contributed by atoms with Crippen LogP contribution in [-0.2, 0) is 9.53 Å². The lowest BCUT2D eigenvalue weighted by Crippen LogP contribution is -2.45. The number of carbonyl (C=O) groups is 1. The highest BCUT2D eigenvalue weighted by Crippen LogP contribution is 2.29. The Kier molecular flexibility index (Phi) is 5.96. The van der Waals surface area contributed by atoms with E-state index in [9.17, 15) is 4.79 Å². The van der Waals surface area contributed by atoms with Crippen LogP contribution in [0.4, 0.5) is 0 Å². The van der Waals surface area contributed by atoms with Gasteiger partial charge in [0.2, 0.25) is 0 Å². The lowest BCUT2D eigenvalue weighted by molar-refractivity contribution is -0.149. The van der Waals surface area contributed by atoms with Gasteiger partial charge in [-0.1, -0.05) is 13.3 Å². The first kappa shape index (κ1) is 14.5. The van der Waals surface area contributed by atoms with Crippen molar-refractivity contribution in [2.45, 2.75) is 65.0 Å². The summed E-state index contributed by atoms with van der Waals surface area (Å²) in [5.41, 5.74) is 0. The number of carbonyl (C=O) groups excluding carboxylic acids is 1. The van der Waals surface area contributed by atoms with Crippen LogP contribution in [0.3, 0.4) is 0 Å². The van der Waals surface area contributed by atoms with Crippen molar-refractivity contribution in [2.24, 2.45) is 5.92 Å². The minimum atomic E-state index is -0.113. The average Bonchev–Trinajstić information content (AvgIpc) is 2.37. The third kappa shape index (κ3) is 3.98. The van der Waals surface area contributed by atoms with Crippen LogP contribution in [0.1, 0.15) is 52.9 Å². The van der Waals surface area contributed by atoms with E-state index in [4.69, 9.17) is 4.74 Å². The van der Waals surface area contributed by atoms with Crippen molar-refractivity contribution in [1.82, 2.24) is 4.90 Å². The summed E-state index contributed by atoms with van der Waals surface area (Å²) in [6.07, 6.45) is 6.35. The van der Waals surface area contributed by atoms with Crippen molar-refractivity contribution in [3.63, 3.8) is 0 Å². The standard InChI is InChI=1S/C14H27NO2/c1-5-12-7-9-13(10-8-12)15(4)11(3)14(16)17-6-2/h11-13H,5-10H2,1-4H3. The molecule has 100 valence electrons. The van der Waals surface area contributed by atoms with E-state index in [2.05, 4.69) is 18.9 Å². The lowest BCUT2D eigenvalue weighted by atomic mass is 9.84. The Morgan fingerprint density at radius 2 is 1.88 bits per heavy atom. The maximum Gasteiger partial charge on any atom is 0.323 e. The molecule has 1 aliphatic rings. The average molecular weight is 241 g/mol. The minimum Gasteiger partial charge on any atom is -0.465 e. The second kappa shape index (κ2) is 7.00. The van der Waals surface area contributed by atoms with Crippen LogP contribution in [0.2, 0.25) is 0 Å². The molecule has 0 spiro atoms. The molecular formula is C14H27NO2. The van der Waals surface area contributed by atoms with Gasteiger partial charge in [-0.2, -0.15) is 0 Å². The van der Waals surface area contributed by atoms with Gasteiger partial charge in [0, 0.05) is 6.04 Å². The molecule has 0 amide bonds. The summed E-state index contributed by atoms with van der Waals surface area (Å²) in [5, 5.41) is 0. The van der Waals surface area contributed by atoms with E-state index >= 15 is 0 Å². The molecule has 0 aliphatic heterocycles. The molecule has 1 atom stereocenters. The quantitative estimate of drug-likeness (QED) is 0.693. The lowest BCUT2D eigenvalue weighted by Gasteiger charge is -2.36. The van der Waals surface area contributed by atoms with Crippen LogP contribution in [0, 0.1) is 5.92 Å². The van der Waals surface area contributed by atoms with Gasteiger partial charge in [0.15, 0.2) is 0 Å². The molecule has 0 aromatic carbocycles. The summed E-state index contributed by atoms with van der Waals surface area (Å²) in [6, 6.07) is 0.440. The van der Waals surface area contributed by atoms with Gasteiger partial charge in [0.05, 0.1) is 6.61 Å². The number of ether oxygens (including phenoxy) is 1. The summed E-state index contributed by atoms with van der Waals surface area (Å²) in [7, 11) is 2.05. The fourth-order valence-electron chi connectivity index (χ4n) is 2.71. The molecule has 0 aromatic rings.